The molecule has 0 aliphatic carbocycles. The van der Waals surface area contributed by atoms with Gasteiger partial charge in [-0.15, -0.1) is 6.58 Å². The molecule has 1 atom stereocenters. The van der Waals surface area contributed by atoms with Crippen LogP contribution in [0.15, 0.2) is 12.7 Å². The Hall–Kier alpha value is -1.31. The van der Waals surface area contributed by atoms with Crippen molar-refractivity contribution in [1.29, 1.82) is 0 Å². The highest BCUT2D eigenvalue weighted by Crippen LogP contribution is 2.39. The van der Waals surface area contributed by atoms with Crippen LogP contribution in [0.25, 0.3) is 0 Å². The minimum atomic E-state index is -6.78. The number of rotatable bonds is 9. The molecule has 27 heavy (non-hydrogen) atoms. The highest BCUT2D eigenvalue weighted by Gasteiger charge is 2.63. The number of hydrogen-bond donors (Lipinski definition) is 0. The zero-order valence-electron chi connectivity index (χ0n) is 14.2. The van der Waals surface area contributed by atoms with Gasteiger partial charge < -0.3 is 4.74 Å². The van der Waals surface area contributed by atoms with Crippen LogP contribution in [0.3, 0.4) is 0 Å². The zero-order chi connectivity index (χ0) is 21.8. The van der Waals surface area contributed by atoms with E-state index in [4.69, 9.17) is 4.74 Å². The molecule has 0 aliphatic heterocycles. The Morgan fingerprint density at radius 2 is 1.41 bits per heavy atom. The van der Waals surface area contributed by atoms with Crippen LogP contribution in [-0.4, -0.2) is 44.5 Å². The molecule has 0 fully saturated rings. The fourth-order valence-electron chi connectivity index (χ4n) is 1.81. The largest absolute Gasteiger partial charge is 0.498 e. The summed E-state index contributed by atoms with van der Waals surface area (Å²) < 4.78 is 123. The lowest BCUT2D eigenvalue weighted by molar-refractivity contribution is -0.151. The predicted octanol–water partition coefficient (Wildman–Crippen LogP) is 3.11. The Morgan fingerprint density at radius 1 is 1.00 bits per heavy atom. The Kier molecular flexibility index (Phi) is 8.37. The third kappa shape index (κ3) is 6.36. The zero-order valence-corrected chi connectivity index (χ0v) is 15.8. The van der Waals surface area contributed by atoms with E-state index in [9.17, 15) is 48.0 Å². The molecule has 0 aromatic carbocycles. The second-order valence-electron chi connectivity index (χ2n) is 5.75. The van der Waals surface area contributed by atoms with Gasteiger partial charge >= 0.3 is 17.0 Å². The molecule has 14 heteroatoms. The molecule has 1 unspecified atom stereocenters. The number of carbonyl (C=O) groups is 1. The van der Waals surface area contributed by atoms with E-state index < -0.39 is 59.7 Å². The summed E-state index contributed by atoms with van der Waals surface area (Å²) in [4.78, 5) is 11.6. The van der Waals surface area contributed by atoms with Gasteiger partial charge in [-0.25, -0.2) is 16.8 Å². The number of carbonyl (C=O) groups excluding carboxylic acids is 1. The number of sulfone groups is 2. The lowest BCUT2D eigenvalue weighted by atomic mass is 10.1. The average Bonchev–Trinajstić information content (AvgIpc) is 2.45. The topological polar surface area (TPSA) is 94.6 Å². The second-order valence-corrected chi connectivity index (χ2v) is 10.3. The number of ether oxygens (including phenoxy) is 1. The molecule has 0 aromatic rings. The molecule has 0 bridgehead atoms. The van der Waals surface area contributed by atoms with Crippen LogP contribution in [0.4, 0.5) is 26.3 Å². The molecule has 160 valence electrons. The standard InChI is InChI=1S/C13H18F6O6S2/c1-4-5-6-10(20)25-9(8(2)3)7-11(26(21,22)12(14,15)16)27(23,24)13(17,18)19/h4,8-9,11H,1,5-7H2,2-3H3. The van der Waals surface area contributed by atoms with Crippen molar-refractivity contribution < 1.29 is 52.7 Å². The SMILES string of the molecule is C=CCCC(=O)OC(CC(S(=O)(=O)C(F)(F)F)S(=O)(=O)C(F)(F)F)C(C)C. The highest BCUT2D eigenvalue weighted by atomic mass is 32.3. The van der Waals surface area contributed by atoms with Gasteiger partial charge in [0, 0.05) is 12.8 Å². The molecule has 0 spiro atoms. The van der Waals surface area contributed by atoms with Gasteiger partial charge in [0.05, 0.1) is 0 Å². The van der Waals surface area contributed by atoms with Crippen molar-refractivity contribution in [2.24, 2.45) is 5.92 Å². The molecule has 6 nitrogen and oxygen atoms in total. The number of allylic oxidation sites excluding steroid dienone is 1. The number of alkyl halides is 6. The Labute approximate surface area is 152 Å². The first-order chi connectivity index (χ1) is 11.9. The van der Waals surface area contributed by atoms with E-state index in [1.54, 1.807) is 0 Å². The van der Waals surface area contributed by atoms with Crippen LogP contribution < -0.4 is 0 Å². The van der Waals surface area contributed by atoms with E-state index in [2.05, 4.69) is 6.58 Å². The molecular formula is C13H18F6O6S2. The fourth-order valence-corrected chi connectivity index (χ4v) is 5.28. The van der Waals surface area contributed by atoms with Crippen LogP contribution in [0.1, 0.15) is 33.1 Å². The summed E-state index contributed by atoms with van der Waals surface area (Å²) in [7, 11) is -13.6. The van der Waals surface area contributed by atoms with Crippen LogP contribution in [0, 0.1) is 5.92 Å². The Morgan fingerprint density at radius 3 is 1.70 bits per heavy atom. The van der Waals surface area contributed by atoms with Crippen molar-refractivity contribution in [3.05, 3.63) is 12.7 Å². The lowest BCUT2D eigenvalue weighted by Crippen LogP contribution is -2.47. The van der Waals surface area contributed by atoms with Crippen molar-refractivity contribution in [2.75, 3.05) is 0 Å². The number of hydrogen-bond acceptors (Lipinski definition) is 6. The van der Waals surface area contributed by atoms with Crippen LogP contribution in [0.2, 0.25) is 0 Å². The normalized spacial score (nSPS) is 15.0. The van der Waals surface area contributed by atoms with Crippen molar-refractivity contribution in [3.8, 4) is 0 Å². The first kappa shape index (κ1) is 25.7. The first-order valence-corrected chi connectivity index (χ1v) is 10.4. The van der Waals surface area contributed by atoms with E-state index in [1.807, 2.05) is 0 Å². The molecule has 0 rings (SSSR count). The van der Waals surface area contributed by atoms with E-state index in [-0.39, 0.29) is 12.8 Å². The summed E-state index contributed by atoms with van der Waals surface area (Å²) in [5.41, 5.74) is -12.5. The van der Waals surface area contributed by atoms with Gasteiger partial charge in [0.25, 0.3) is 19.7 Å². The smallest absolute Gasteiger partial charge is 0.462 e. The van der Waals surface area contributed by atoms with Gasteiger partial charge in [-0.05, 0) is 12.3 Å². The molecule has 0 amide bonds. The predicted molar refractivity (Wildman–Crippen MR) is 82.5 cm³/mol. The van der Waals surface area contributed by atoms with Crippen molar-refractivity contribution in [1.82, 2.24) is 0 Å². The van der Waals surface area contributed by atoms with Crippen LogP contribution in [0.5, 0.6) is 0 Å². The van der Waals surface area contributed by atoms with Gasteiger partial charge in [-0.1, -0.05) is 19.9 Å². The molecular weight excluding hydrogens is 430 g/mol. The minimum absolute atomic E-state index is 0.0782. The maximum absolute atomic E-state index is 12.7. The van der Waals surface area contributed by atoms with E-state index in [1.165, 1.54) is 19.9 Å². The maximum atomic E-state index is 12.7. The molecule has 0 heterocycles. The monoisotopic (exact) mass is 448 g/mol. The number of halogens is 6. The van der Waals surface area contributed by atoms with Crippen molar-refractivity contribution in [2.45, 2.75) is 54.8 Å². The summed E-state index contributed by atoms with van der Waals surface area (Å²) in [5.74, 6) is -2.02. The van der Waals surface area contributed by atoms with E-state index in [0.717, 1.165) is 0 Å². The third-order valence-electron chi connectivity index (χ3n) is 3.34. The number of esters is 1. The van der Waals surface area contributed by atoms with Crippen LogP contribution >= 0.6 is 0 Å². The molecule has 0 aliphatic rings. The average molecular weight is 448 g/mol. The molecule has 0 saturated heterocycles. The minimum Gasteiger partial charge on any atom is -0.462 e. The van der Waals surface area contributed by atoms with Crippen molar-refractivity contribution >= 4 is 25.6 Å². The van der Waals surface area contributed by atoms with E-state index >= 15 is 0 Å². The van der Waals surface area contributed by atoms with Gasteiger partial charge in [0.15, 0.2) is 4.58 Å². The summed E-state index contributed by atoms with van der Waals surface area (Å²) >= 11 is 0. The molecule has 0 saturated carbocycles. The third-order valence-corrected chi connectivity index (χ3v) is 7.92. The second kappa shape index (κ2) is 8.80. The van der Waals surface area contributed by atoms with Gasteiger partial charge in [-0.2, -0.15) is 26.3 Å². The first-order valence-electron chi connectivity index (χ1n) is 7.30. The summed E-state index contributed by atoms with van der Waals surface area (Å²) in [6, 6.07) is 0. The van der Waals surface area contributed by atoms with Crippen molar-refractivity contribution in [3.63, 3.8) is 0 Å². The van der Waals surface area contributed by atoms with Crippen LogP contribution in [-0.2, 0) is 29.2 Å². The summed E-state index contributed by atoms with van der Waals surface area (Å²) in [6.45, 7) is 5.72. The Balaban J connectivity index is 6.10. The van der Waals surface area contributed by atoms with Gasteiger partial charge in [0.2, 0.25) is 0 Å². The van der Waals surface area contributed by atoms with Gasteiger partial charge in [0.1, 0.15) is 6.10 Å². The quantitative estimate of drug-likeness (QED) is 0.306. The van der Waals surface area contributed by atoms with E-state index in [0.29, 0.717) is 0 Å². The highest BCUT2D eigenvalue weighted by molar-refractivity contribution is 8.09. The Bertz CT molecular complexity index is 692. The summed E-state index contributed by atoms with van der Waals surface area (Å²) in [6.07, 6.45) is -2.50. The van der Waals surface area contributed by atoms with Gasteiger partial charge in [-0.3, -0.25) is 4.79 Å². The molecule has 0 radical (unpaired) electrons. The lowest BCUT2D eigenvalue weighted by Gasteiger charge is -2.27. The summed E-state index contributed by atoms with van der Waals surface area (Å²) in [5, 5.41) is 0. The molecule has 0 N–H and O–H groups in total. The fraction of sp³-hybridized carbons (Fsp3) is 0.769. The molecule has 0 aromatic heterocycles. The maximum Gasteiger partial charge on any atom is 0.498 e.